The molecule has 0 fully saturated rings. The van der Waals surface area contributed by atoms with Crippen molar-refractivity contribution in [1.29, 1.82) is 0 Å². The zero-order chi connectivity index (χ0) is 28.8. The van der Waals surface area contributed by atoms with Crippen LogP contribution in [0.1, 0.15) is 0 Å². The minimum Gasteiger partial charge on any atom is -0.309 e. The second-order valence-electron chi connectivity index (χ2n) is 11.6. The second-order valence-corrected chi connectivity index (χ2v) is 11.6. The minimum atomic E-state index is 1.03. The van der Waals surface area contributed by atoms with Crippen LogP contribution in [0, 0.1) is 0 Å². The number of hydrogen-bond donors (Lipinski definition) is 0. The van der Waals surface area contributed by atoms with Gasteiger partial charge < -0.3 is 9.13 Å². The van der Waals surface area contributed by atoms with Crippen molar-refractivity contribution >= 4 is 76.1 Å². The van der Waals surface area contributed by atoms with Crippen molar-refractivity contribution in [3.8, 4) is 11.4 Å². The molecule has 3 nitrogen and oxygen atoms in total. The molecule has 3 heteroatoms. The highest BCUT2D eigenvalue weighted by atomic mass is 15.0. The average molecular weight is 560 g/mol. The summed E-state index contributed by atoms with van der Waals surface area (Å²) >= 11 is 0. The van der Waals surface area contributed by atoms with Crippen molar-refractivity contribution in [2.75, 3.05) is 0 Å². The second kappa shape index (κ2) is 8.79. The summed E-state index contributed by atoms with van der Waals surface area (Å²) in [7, 11) is 0. The third kappa shape index (κ3) is 3.13. The Morgan fingerprint density at radius 1 is 0.318 bits per heavy atom. The smallest absolute Gasteiger partial charge is 0.0787 e. The molecule has 44 heavy (non-hydrogen) atoms. The molecule has 0 unspecified atom stereocenters. The number of rotatable bonds is 2. The molecule has 0 radical (unpaired) electrons. The summed E-state index contributed by atoms with van der Waals surface area (Å²) in [5.74, 6) is 0. The molecule has 0 aliphatic heterocycles. The van der Waals surface area contributed by atoms with Crippen LogP contribution >= 0.6 is 0 Å². The Hall–Kier alpha value is -5.93. The van der Waals surface area contributed by atoms with Crippen LogP contribution in [-0.2, 0) is 0 Å². The van der Waals surface area contributed by atoms with Crippen LogP contribution in [0.3, 0.4) is 0 Å². The average Bonchev–Trinajstić information content (AvgIpc) is 3.59. The van der Waals surface area contributed by atoms with Crippen molar-refractivity contribution < 1.29 is 0 Å². The Balaban J connectivity index is 1.42. The van der Waals surface area contributed by atoms with Crippen LogP contribution in [-0.4, -0.2) is 14.1 Å². The zero-order valence-corrected chi connectivity index (χ0v) is 23.8. The van der Waals surface area contributed by atoms with E-state index in [4.69, 9.17) is 4.98 Å². The van der Waals surface area contributed by atoms with Gasteiger partial charge in [0, 0.05) is 49.9 Å². The van der Waals surface area contributed by atoms with Gasteiger partial charge in [-0.05, 0) is 82.9 Å². The molecule has 0 spiro atoms. The summed E-state index contributed by atoms with van der Waals surface area (Å²) in [5.41, 5.74) is 8.17. The number of pyridine rings is 1. The molecular weight excluding hydrogens is 534 g/mol. The highest BCUT2D eigenvalue weighted by molar-refractivity contribution is 6.30. The van der Waals surface area contributed by atoms with Crippen LogP contribution in [0.5, 0.6) is 0 Å². The van der Waals surface area contributed by atoms with Crippen LogP contribution < -0.4 is 0 Å². The van der Waals surface area contributed by atoms with Gasteiger partial charge in [-0.3, -0.25) is 4.98 Å². The highest BCUT2D eigenvalue weighted by Crippen LogP contribution is 2.43. The Morgan fingerprint density at radius 2 is 0.773 bits per heavy atom. The number of para-hydroxylation sites is 4. The maximum absolute atomic E-state index is 5.01. The molecule has 0 bridgehead atoms. The lowest BCUT2D eigenvalue weighted by molar-refractivity contribution is 1.18. The first kappa shape index (κ1) is 23.6. The number of hydrogen-bond acceptors (Lipinski definition) is 1. The topological polar surface area (TPSA) is 22.8 Å². The van der Waals surface area contributed by atoms with Gasteiger partial charge in [0.05, 0.1) is 27.6 Å². The summed E-state index contributed by atoms with van der Waals surface area (Å²) in [4.78, 5) is 5.01. The number of nitrogens with zero attached hydrogens (tertiary/aromatic N) is 3. The summed E-state index contributed by atoms with van der Waals surface area (Å²) in [6.07, 6.45) is 1.92. The van der Waals surface area contributed by atoms with Crippen LogP contribution in [0.4, 0.5) is 0 Å². The van der Waals surface area contributed by atoms with Crippen molar-refractivity contribution in [3.05, 3.63) is 152 Å². The lowest BCUT2D eigenvalue weighted by Crippen LogP contribution is -1.94. The van der Waals surface area contributed by atoms with E-state index in [9.17, 15) is 0 Å². The predicted molar refractivity (Wildman–Crippen MR) is 185 cm³/mol. The first-order chi connectivity index (χ1) is 21.8. The van der Waals surface area contributed by atoms with E-state index < -0.39 is 0 Å². The van der Waals surface area contributed by atoms with Gasteiger partial charge in [-0.15, -0.1) is 0 Å². The molecule has 3 heterocycles. The lowest BCUT2D eigenvalue weighted by Gasteiger charge is -2.13. The molecule has 0 aliphatic carbocycles. The molecule has 7 aromatic carbocycles. The Labute approximate surface area is 252 Å². The van der Waals surface area contributed by atoms with Gasteiger partial charge in [0.25, 0.3) is 0 Å². The predicted octanol–water partition coefficient (Wildman–Crippen LogP) is 10.7. The van der Waals surface area contributed by atoms with E-state index >= 15 is 0 Å². The van der Waals surface area contributed by atoms with E-state index in [2.05, 4.69) is 155 Å². The summed E-state index contributed by atoms with van der Waals surface area (Å²) in [6.45, 7) is 0. The number of benzene rings is 7. The van der Waals surface area contributed by atoms with Gasteiger partial charge >= 0.3 is 0 Å². The summed E-state index contributed by atoms with van der Waals surface area (Å²) in [5, 5.41) is 11.1. The molecule has 0 amide bonds. The van der Waals surface area contributed by atoms with E-state index in [0.29, 0.717) is 0 Å². The maximum Gasteiger partial charge on any atom is 0.0787 e. The van der Waals surface area contributed by atoms with Crippen molar-refractivity contribution in [2.24, 2.45) is 0 Å². The van der Waals surface area contributed by atoms with Crippen LogP contribution in [0.15, 0.2) is 152 Å². The summed E-state index contributed by atoms with van der Waals surface area (Å²) in [6, 6.07) is 52.7. The van der Waals surface area contributed by atoms with Gasteiger partial charge in [-0.2, -0.15) is 0 Å². The molecule has 0 atom stereocenters. The van der Waals surface area contributed by atoms with E-state index in [1.165, 1.54) is 70.5 Å². The van der Waals surface area contributed by atoms with Gasteiger partial charge in [0.1, 0.15) is 0 Å². The molecule has 204 valence electrons. The molecule has 3 aromatic heterocycles. The first-order valence-corrected chi connectivity index (χ1v) is 15.1. The number of fused-ring (bicyclic) bond motifs is 12. The van der Waals surface area contributed by atoms with E-state index in [0.717, 1.165) is 16.9 Å². The Morgan fingerprint density at radius 3 is 1.36 bits per heavy atom. The van der Waals surface area contributed by atoms with Crippen LogP contribution in [0.25, 0.3) is 87.4 Å². The standard InChI is InChI=1S/C41H25N3/c1-3-12-26(13-4-1)43-37-19-9-7-16-28(37)34-22-31-32-23-35-29-17-8-10-20-38(29)44(27-14-5-2-6-15-27)40(35)25-36(32)41-30(18-11-21-42-41)33(31)24-39(34)43/h1-25H. The fourth-order valence-corrected chi connectivity index (χ4v) is 7.44. The molecule has 10 rings (SSSR count). The maximum atomic E-state index is 5.01. The van der Waals surface area contributed by atoms with E-state index in [1.54, 1.807) is 0 Å². The minimum absolute atomic E-state index is 1.03. The van der Waals surface area contributed by atoms with Crippen molar-refractivity contribution in [2.45, 2.75) is 0 Å². The largest absolute Gasteiger partial charge is 0.309 e. The number of aromatic nitrogens is 3. The Bertz CT molecular complexity index is 2560. The van der Waals surface area contributed by atoms with E-state index in [-0.39, 0.29) is 0 Å². The van der Waals surface area contributed by atoms with E-state index in [1.807, 2.05) is 6.20 Å². The zero-order valence-electron chi connectivity index (χ0n) is 23.8. The Kier molecular flexibility index (Phi) is 4.72. The monoisotopic (exact) mass is 559 g/mol. The lowest BCUT2D eigenvalue weighted by atomic mass is 9.94. The van der Waals surface area contributed by atoms with Gasteiger partial charge in [-0.25, -0.2) is 0 Å². The molecule has 0 saturated heterocycles. The highest BCUT2D eigenvalue weighted by Gasteiger charge is 2.19. The van der Waals surface area contributed by atoms with Crippen molar-refractivity contribution in [1.82, 2.24) is 14.1 Å². The molecule has 0 N–H and O–H groups in total. The molecule has 0 aliphatic rings. The van der Waals surface area contributed by atoms with Gasteiger partial charge in [-0.1, -0.05) is 78.9 Å². The van der Waals surface area contributed by atoms with Gasteiger partial charge in [0.15, 0.2) is 0 Å². The normalized spacial score (nSPS) is 12.1. The summed E-state index contributed by atoms with van der Waals surface area (Å²) < 4.78 is 4.78. The third-order valence-corrected chi connectivity index (χ3v) is 9.30. The van der Waals surface area contributed by atoms with Gasteiger partial charge in [0.2, 0.25) is 0 Å². The molecule has 0 saturated carbocycles. The fraction of sp³-hybridized carbons (Fsp3) is 0. The fourth-order valence-electron chi connectivity index (χ4n) is 7.44. The molecular formula is C41H25N3. The third-order valence-electron chi connectivity index (χ3n) is 9.30. The SMILES string of the molecule is c1ccc(-n2c3ccccc3c3cc4c(cc32)c2cccnc2c2cc3c(cc42)c2ccccc2n3-c2ccccc2)cc1. The molecule has 10 aromatic rings. The van der Waals surface area contributed by atoms with Crippen LogP contribution in [0.2, 0.25) is 0 Å². The quantitative estimate of drug-likeness (QED) is 0.193. The first-order valence-electron chi connectivity index (χ1n) is 15.1. The van der Waals surface area contributed by atoms with Crippen molar-refractivity contribution in [3.63, 3.8) is 0 Å².